The number of carbonyl (C=O) groups excluding carboxylic acids is 1. The Bertz CT molecular complexity index is 861. The van der Waals surface area contributed by atoms with Crippen LogP contribution in [0.25, 0.3) is 0 Å². The van der Waals surface area contributed by atoms with Gasteiger partial charge in [-0.2, -0.15) is 10.5 Å². The molecule has 0 amide bonds. The summed E-state index contributed by atoms with van der Waals surface area (Å²) in [6, 6.07) is 7.75. The van der Waals surface area contributed by atoms with E-state index in [0.29, 0.717) is 12.2 Å². The molecular weight excluding hydrogens is 330 g/mol. The van der Waals surface area contributed by atoms with E-state index in [0.717, 1.165) is 18.4 Å². The smallest absolute Gasteiger partial charge is 0.373 e. The number of hydrogen-bond acceptors (Lipinski definition) is 6. The zero-order valence-corrected chi connectivity index (χ0v) is 14.5. The number of nitrogens with one attached hydrogen (secondary N) is 1. The molecule has 0 radical (unpaired) electrons. The molecule has 2 fully saturated rings. The molecule has 1 unspecified atom stereocenters. The van der Waals surface area contributed by atoms with Crippen LogP contribution >= 0.6 is 0 Å². The molecule has 2 saturated heterocycles. The fourth-order valence-electron chi connectivity index (χ4n) is 4.09. The van der Waals surface area contributed by atoms with Gasteiger partial charge in [-0.1, -0.05) is 6.58 Å². The first-order chi connectivity index (χ1) is 12.6. The Kier molecular flexibility index (Phi) is 5.09. The summed E-state index contributed by atoms with van der Waals surface area (Å²) in [4.78, 5) is 11.6. The normalized spacial score (nSPS) is 26.3. The molecule has 2 aliphatic heterocycles. The molecule has 2 aliphatic rings. The molecule has 1 aromatic heterocycles. The maximum absolute atomic E-state index is 11.6. The average molecular weight is 349 g/mol. The zero-order chi connectivity index (χ0) is 18.7. The van der Waals surface area contributed by atoms with Crippen molar-refractivity contribution < 1.29 is 13.9 Å². The van der Waals surface area contributed by atoms with Crippen LogP contribution in [0.4, 0.5) is 0 Å². The van der Waals surface area contributed by atoms with Crippen molar-refractivity contribution in [3.05, 3.63) is 53.2 Å². The molecule has 0 aromatic carbocycles. The number of hydrogen-bond donors (Lipinski definition) is 1. The highest BCUT2D eigenvalue weighted by atomic mass is 16.5. The largest absolute Gasteiger partial charge is 0.463 e. The minimum atomic E-state index is -0.531. The highest BCUT2D eigenvalue weighted by Crippen LogP contribution is 2.43. The van der Waals surface area contributed by atoms with Crippen molar-refractivity contribution in [2.24, 2.45) is 11.8 Å². The third-order valence-electron chi connectivity index (χ3n) is 5.17. The highest BCUT2D eigenvalue weighted by molar-refractivity contribution is 5.86. The summed E-state index contributed by atoms with van der Waals surface area (Å²) >= 11 is 0. The van der Waals surface area contributed by atoms with Gasteiger partial charge in [-0.15, -0.1) is 5.73 Å². The Morgan fingerprint density at radius 3 is 2.77 bits per heavy atom. The van der Waals surface area contributed by atoms with E-state index in [1.165, 1.54) is 7.11 Å². The summed E-state index contributed by atoms with van der Waals surface area (Å²) in [5.41, 5.74) is 3.77. The van der Waals surface area contributed by atoms with Crippen molar-refractivity contribution in [3.63, 3.8) is 0 Å². The number of piperidine rings is 1. The monoisotopic (exact) mass is 349 g/mol. The van der Waals surface area contributed by atoms with Gasteiger partial charge < -0.3 is 14.5 Å². The first-order valence-corrected chi connectivity index (χ1v) is 8.46. The standard InChI is InChI=1S/C20H19N3O3/c1-3-4-14-16-6-7-17(23-16)15(19(14)12(10-21)11-22)9-13-5-8-18(26-13)20(24)25-2/h4-5,8,14-17,23H,1,6-7,9H2,2H3/t14-,15+,16?,17+/m0/s1. The Morgan fingerprint density at radius 1 is 1.38 bits per heavy atom. The Morgan fingerprint density at radius 2 is 2.12 bits per heavy atom. The summed E-state index contributed by atoms with van der Waals surface area (Å²) in [7, 11) is 1.30. The summed E-state index contributed by atoms with van der Waals surface area (Å²) in [5, 5.41) is 22.5. The average Bonchev–Trinajstić information content (AvgIpc) is 3.29. The van der Waals surface area contributed by atoms with Gasteiger partial charge in [-0.3, -0.25) is 0 Å². The van der Waals surface area contributed by atoms with Crippen molar-refractivity contribution in [1.29, 1.82) is 10.5 Å². The number of rotatable bonds is 4. The lowest BCUT2D eigenvalue weighted by atomic mass is 9.75. The van der Waals surface area contributed by atoms with E-state index in [2.05, 4.69) is 22.4 Å². The number of methoxy groups -OCH3 is 1. The van der Waals surface area contributed by atoms with Gasteiger partial charge in [-0.05, 0) is 36.6 Å². The summed E-state index contributed by atoms with van der Waals surface area (Å²) < 4.78 is 10.3. The third kappa shape index (κ3) is 3.09. The van der Waals surface area contributed by atoms with E-state index < -0.39 is 5.97 Å². The van der Waals surface area contributed by atoms with Gasteiger partial charge in [-0.25, -0.2) is 4.79 Å². The highest BCUT2D eigenvalue weighted by Gasteiger charge is 2.45. The number of nitriles is 2. The number of esters is 1. The molecule has 2 bridgehead atoms. The van der Waals surface area contributed by atoms with Crippen LogP contribution in [0.15, 0.2) is 46.1 Å². The fourth-order valence-corrected chi connectivity index (χ4v) is 4.09. The van der Waals surface area contributed by atoms with Crippen LogP contribution in [0.1, 0.15) is 29.2 Å². The van der Waals surface area contributed by atoms with Gasteiger partial charge in [0.05, 0.1) is 7.11 Å². The Hall–Kier alpha value is -3.05. The summed E-state index contributed by atoms with van der Waals surface area (Å²) in [6.07, 6.45) is 4.24. The molecule has 4 atom stereocenters. The van der Waals surface area contributed by atoms with Crippen LogP contribution in [-0.4, -0.2) is 25.2 Å². The zero-order valence-electron chi connectivity index (χ0n) is 14.5. The van der Waals surface area contributed by atoms with Gasteiger partial charge in [0.25, 0.3) is 0 Å². The van der Waals surface area contributed by atoms with Crippen LogP contribution in [0.5, 0.6) is 0 Å². The summed E-state index contributed by atoms with van der Waals surface area (Å²) in [5.74, 6) is 0.0628. The van der Waals surface area contributed by atoms with Gasteiger partial charge in [0, 0.05) is 30.3 Å². The SMILES string of the molecule is C=C=C[C@@H]1C(=C(C#N)C#N)[C@H](Cc2ccc(C(=O)OC)o2)[C@H]2CCC1N2. The van der Waals surface area contributed by atoms with E-state index in [-0.39, 0.29) is 35.3 Å². The predicted molar refractivity (Wildman–Crippen MR) is 92.6 cm³/mol. The van der Waals surface area contributed by atoms with E-state index in [9.17, 15) is 15.3 Å². The lowest BCUT2D eigenvalue weighted by Gasteiger charge is -2.37. The van der Waals surface area contributed by atoms with Gasteiger partial charge >= 0.3 is 5.97 Å². The molecule has 3 rings (SSSR count). The van der Waals surface area contributed by atoms with Gasteiger partial charge in [0.1, 0.15) is 23.5 Å². The van der Waals surface area contributed by atoms with Crippen LogP contribution in [0.2, 0.25) is 0 Å². The second kappa shape index (κ2) is 7.45. The van der Waals surface area contributed by atoms with E-state index in [1.54, 1.807) is 12.1 Å². The minimum Gasteiger partial charge on any atom is -0.463 e. The maximum Gasteiger partial charge on any atom is 0.373 e. The molecule has 1 N–H and O–H groups in total. The first-order valence-electron chi connectivity index (χ1n) is 8.46. The number of carbonyl (C=O) groups is 1. The number of furan rings is 1. The second-order valence-electron chi connectivity index (χ2n) is 6.48. The number of ether oxygens (including phenoxy) is 1. The Labute approximate surface area is 152 Å². The molecule has 0 aliphatic carbocycles. The fraction of sp³-hybridized carbons (Fsp3) is 0.400. The second-order valence-corrected chi connectivity index (χ2v) is 6.48. The molecule has 0 spiro atoms. The molecule has 6 nitrogen and oxygen atoms in total. The number of fused-ring (bicyclic) bond motifs is 2. The minimum absolute atomic E-state index is 0.0747. The van der Waals surface area contributed by atoms with Crippen LogP contribution in [0, 0.1) is 34.5 Å². The maximum atomic E-state index is 11.6. The topological polar surface area (TPSA) is 99.1 Å². The van der Waals surface area contributed by atoms with Crippen molar-refractivity contribution in [1.82, 2.24) is 5.32 Å². The van der Waals surface area contributed by atoms with Crippen molar-refractivity contribution in [2.75, 3.05) is 7.11 Å². The van der Waals surface area contributed by atoms with Crippen LogP contribution in [-0.2, 0) is 11.2 Å². The lowest BCUT2D eigenvalue weighted by molar-refractivity contribution is 0.0562. The van der Waals surface area contributed by atoms with Gasteiger partial charge in [0.2, 0.25) is 5.76 Å². The van der Waals surface area contributed by atoms with Crippen LogP contribution in [0.3, 0.4) is 0 Å². The van der Waals surface area contributed by atoms with E-state index in [4.69, 9.17) is 4.42 Å². The molecule has 132 valence electrons. The molecular formula is C20H19N3O3. The van der Waals surface area contributed by atoms with Crippen LogP contribution < -0.4 is 5.32 Å². The van der Waals surface area contributed by atoms with E-state index in [1.807, 2.05) is 18.2 Å². The molecule has 1 aromatic rings. The predicted octanol–water partition coefficient (Wildman–Crippen LogP) is 2.66. The van der Waals surface area contributed by atoms with Crippen molar-refractivity contribution >= 4 is 5.97 Å². The summed E-state index contributed by atoms with van der Waals surface area (Å²) in [6.45, 7) is 3.66. The number of nitrogens with zero attached hydrogens (tertiary/aromatic N) is 2. The Balaban J connectivity index is 2.00. The van der Waals surface area contributed by atoms with E-state index >= 15 is 0 Å². The quantitative estimate of drug-likeness (QED) is 0.510. The van der Waals surface area contributed by atoms with Crippen molar-refractivity contribution in [3.8, 4) is 12.1 Å². The number of allylic oxidation sites excluding steroid dienone is 1. The molecule has 6 heteroatoms. The van der Waals surface area contributed by atoms with Crippen molar-refractivity contribution in [2.45, 2.75) is 31.3 Å². The molecule has 26 heavy (non-hydrogen) atoms. The first kappa shape index (κ1) is 17.8. The third-order valence-corrected chi connectivity index (χ3v) is 5.17. The molecule has 0 saturated carbocycles. The lowest BCUT2D eigenvalue weighted by Crippen LogP contribution is -2.47. The molecule has 3 heterocycles. The van der Waals surface area contributed by atoms with Gasteiger partial charge in [0.15, 0.2) is 0 Å².